The van der Waals surface area contributed by atoms with Crippen LogP contribution in [-0.4, -0.2) is 0 Å². The number of fused-ring (bicyclic) bond motifs is 4. The second-order valence-electron chi connectivity index (χ2n) is 14.2. The van der Waals surface area contributed by atoms with Gasteiger partial charge in [0.05, 0.1) is 0 Å². The van der Waals surface area contributed by atoms with Gasteiger partial charge in [-0.1, -0.05) is 170 Å². The summed E-state index contributed by atoms with van der Waals surface area (Å²) in [7, 11) is 0. The van der Waals surface area contributed by atoms with Gasteiger partial charge in [0.1, 0.15) is 0 Å². The molecule has 0 saturated heterocycles. The minimum atomic E-state index is 1.12. The Balaban J connectivity index is 1.11. The predicted molar refractivity (Wildman–Crippen MR) is 237 cm³/mol. The molecule has 0 aliphatic rings. The highest BCUT2D eigenvalue weighted by molar-refractivity contribution is 6.22. The lowest BCUT2D eigenvalue weighted by molar-refractivity contribution is 1.28. The molecule has 1 nitrogen and oxygen atoms in total. The fourth-order valence-corrected chi connectivity index (χ4v) is 8.14. The molecule has 0 N–H and O–H groups in total. The monoisotopic (exact) mass is 699 g/mol. The molecule has 0 aliphatic carbocycles. The van der Waals surface area contributed by atoms with Crippen molar-refractivity contribution < 1.29 is 0 Å². The summed E-state index contributed by atoms with van der Waals surface area (Å²) >= 11 is 0. The summed E-state index contributed by atoms with van der Waals surface area (Å²) in [5.41, 5.74) is 10.7. The second kappa shape index (κ2) is 14.0. The lowest BCUT2D eigenvalue weighted by Crippen LogP contribution is -2.09. The third kappa shape index (κ3) is 6.12. The van der Waals surface area contributed by atoms with Crippen LogP contribution >= 0.6 is 0 Å². The molecule has 10 rings (SSSR count). The molecule has 0 radical (unpaired) electrons. The van der Waals surface area contributed by atoms with Gasteiger partial charge >= 0.3 is 0 Å². The van der Waals surface area contributed by atoms with E-state index in [1.165, 1.54) is 65.3 Å². The average molecular weight is 700 g/mol. The standard InChI is InChI=1S/C54H37N/c1-3-17-46(18-4-1)55(47-19-5-2-6-20-47)48-32-25-38(26-33-48)23-24-39-27-34-51-52(35-39)54(45-31-29-41-14-8-10-16-43(41)37-45)50-22-12-11-21-49(50)53(51)44-30-28-40-13-7-9-15-42(40)36-44/h1-37H/b24-23+. The highest BCUT2D eigenvalue weighted by Gasteiger charge is 2.18. The van der Waals surface area contributed by atoms with Crippen molar-refractivity contribution in [2.45, 2.75) is 0 Å². The van der Waals surface area contributed by atoms with Crippen LogP contribution in [0.5, 0.6) is 0 Å². The third-order valence-corrected chi connectivity index (χ3v) is 10.8. The Labute approximate surface area is 321 Å². The molecule has 0 saturated carbocycles. The Morgan fingerprint density at radius 1 is 0.273 bits per heavy atom. The van der Waals surface area contributed by atoms with Crippen LogP contribution in [0.1, 0.15) is 11.1 Å². The summed E-state index contributed by atoms with van der Waals surface area (Å²) < 4.78 is 0. The first-order valence-corrected chi connectivity index (χ1v) is 18.9. The SMILES string of the molecule is C(=C\c1ccc2c(-c3ccc4ccccc4c3)c3ccccc3c(-c3ccc4ccccc4c3)c2c1)/c1ccc(N(c2ccccc2)c2ccccc2)cc1. The molecule has 0 aromatic heterocycles. The fraction of sp³-hybridized carbons (Fsp3) is 0. The van der Waals surface area contributed by atoms with E-state index in [9.17, 15) is 0 Å². The van der Waals surface area contributed by atoms with E-state index < -0.39 is 0 Å². The summed E-state index contributed by atoms with van der Waals surface area (Å²) in [4.78, 5) is 2.29. The Kier molecular flexibility index (Phi) is 8.24. The van der Waals surface area contributed by atoms with Gasteiger partial charge in [-0.05, 0) is 131 Å². The maximum Gasteiger partial charge on any atom is 0.0462 e. The van der Waals surface area contributed by atoms with E-state index in [2.05, 4.69) is 229 Å². The number of para-hydroxylation sites is 2. The Morgan fingerprint density at radius 3 is 1.25 bits per heavy atom. The zero-order valence-electron chi connectivity index (χ0n) is 30.3. The van der Waals surface area contributed by atoms with Gasteiger partial charge in [-0.3, -0.25) is 0 Å². The van der Waals surface area contributed by atoms with Crippen molar-refractivity contribution >= 4 is 72.3 Å². The summed E-state index contributed by atoms with van der Waals surface area (Å²) in [6, 6.07) is 76.9. The molecule has 0 atom stereocenters. The van der Waals surface area contributed by atoms with Crippen LogP contribution in [-0.2, 0) is 0 Å². The molecule has 1 heteroatoms. The average Bonchev–Trinajstić information content (AvgIpc) is 3.25. The maximum absolute atomic E-state index is 2.38. The van der Waals surface area contributed by atoms with Crippen molar-refractivity contribution in [3.05, 3.63) is 223 Å². The molecule has 0 fully saturated rings. The molecule has 0 bridgehead atoms. The molecular weight excluding hydrogens is 663 g/mol. The van der Waals surface area contributed by atoms with E-state index in [-0.39, 0.29) is 0 Å². The highest BCUT2D eigenvalue weighted by atomic mass is 15.1. The summed E-state index contributed by atoms with van der Waals surface area (Å²) in [6.45, 7) is 0. The van der Waals surface area contributed by atoms with Gasteiger partial charge in [0.25, 0.3) is 0 Å². The molecule has 10 aromatic rings. The van der Waals surface area contributed by atoms with E-state index >= 15 is 0 Å². The molecule has 55 heavy (non-hydrogen) atoms. The molecule has 10 aromatic carbocycles. The van der Waals surface area contributed by atoms with Crippen LogP contribution in [0.4, 0.5) is 17.1 Å². The fourth-order valence-electron chi connectivity index (χ4n) is 8.14. The summed E-state index contributed by atoms with van der Waals surface area (Å²) in [5, 5.41) is 10.0. The number of benzene rings is 10. The van der Waals surface area contributed by atoms with Crippen LogP contribution in [0.2, 0.25) is 0 Å². The lowest BCUT2D eigenvalue weighted by Gasteiger charge is -2.25. The lowest BCUT2D eigenvalue weighted by atomic mass is 9.84. The first-order valence-electron chi connectivity index (χ1n) is 18.9. The molecule has 258 valence electrons. The van der Waals surface area contributed by atoms with Crippen molar-refractivity contribution in [1.29, 1.82) is 0 Å². The van der Waals surface area contributed by atoms with E-state index in [4.69, 9.17) is 0 Å². The summed E-state index contributed by atoms with van der Waals surface area (Å²) in [6.07, 6.45) is 4.47. The van der Waals surface area contributed by atoms with Gasteiger partial charge in [0, 0.05) is 17.1 Å². The number of anilines is 3. The normalized spacial score (nSPS) is 11.6. The molecule has 0 amide bonds. The predicted octanol–water partition coefficient (Wildman–Crippen LogP) is 15.3. The topological polar surface area (TPSA) is 3.24 Å². The smallest absolute Gasteiger partial charge is 0.0462 e. The van der Waals surface area contributed by atoms with Crippen molar-refractivity contribution in [2.24, 2.45) is 0 Å². The zero-order valence-corrected chi connectivity index (χ0v) is 30.3. The zero-order chi connectivity index (χ0) is 36.6. The molecule has 0 aliphatic heterocycles. The van der Waals surface area contributed by atoms with E-state index in [1.54, 1.807) is 0 Å². The second-order valence-corrected chi connectivity index (χ2v) is 14.2. The minimum absolute atomic E-state index is 1.12. The van der Waals surface area contributed by atoms with Crippen molar-refractivity contribution in [3.8, 4) is 22.3 Å². The highest BCUT2D eigenvalue weighted by Crippen LogP contribution is 2.45. The van der Waals surface area contributed by atoms with Gasteiger partial charge in [0.2, 0.25) is 0 Å². The van der Waals surface area contributed by atoms with Gasteiger partial charge in [-0.15, -0.1) is 0 Å². The van der Waals surface area contributed by atoms with Crippen molar-refractivity contribution in [2.75, 3.05) is 4.90 Å². The van der Waals surface area contributed by atoms with Gasteiger partial charge in [-0.2, -0.15) is 0 Å². The summed E-state index contributed by atoms with van der Waals surface area (Å²) in [5.74, 6) is 0. The molecule has 0 unspecified atom stereocenters. The number of hydrogen-bond acceptors (Lipinski definition) is 1. The van der Waals surface area contributed by atoms with Crippen molar-refractivity contribution in [1.82, 2.24) is 0 Å². The minimum Gasteiger partial charge on any atom is -0.311 e. The van der Waals surface area contributed by atoms with E-state index in [1.807, 2.05) is 0 Å². The quantitative estimate of drug-likeness (QED) is 0.118. The van der Waals surface area contributed by atoms with Gasteiger partial charge in [-0.25, -0.2) is 0 Å². The Bertz CT molecular complexity index is 2970. The van der Waals surface area contributed by atoms with E-state index in [0.29, 0.717) is 0 Å². The van der Waals surface area contributed by atoms with E-state index in [0.717, 1.165) is 28.2 Å². The van der Waals surface area contributed by atoms with Gasteiger partial charge < -0.3 is 4.90 Å². The number of nitrogens with zero attached hydrogens (tertiary/aromatic N) is 1. The largest absolute Gasteiger partial charge is 0.311 e. The van der Waals surface area contributed by atoms with Crippen LogP contribution in [0.3, 0.4) is 0 Å². The van der Waals surface area contributed by atoms with Crippen LogP contribution in [0.25, 0.3) is 77.5 Å². The molecular formula is C54H37N. The third-order valence-electron chi connectivity index (χ3n) is 10.8. The number of hydrogen-bond donors (Lipinski definition) is 0. The first-order chi connectivity index (χ1) is 27.3. The van der Waals surface area contributed by atoms with Crippen LogP contribution < -0.4 is 4.90 Å². The molecule has 0 spiro atoms. The van der Waals surface area contributed by atoms with Crippen molar-refractivity contribution in [3.63, 3.8) is 0 Å². The van der Waals surface area contributed by atoms with Gasteiger partial charge in [0.15, 0.2) is 0 Å². The van der Waals surface area contributed by atoms with Crippen LogP contribution in [0, 0.1) is 0 Å². The number of rotatable bonds is 7. The maximum atomic E-state index is 2.38. The Hall–Kier alpha value is -7.22. The van der Waals surface area contributed by atoms with Crippen LogP contribution in [0.15, 0.2) is 212 Å². The Morgan fingerprint density at radius 2 is 0.691 bits per heavy atom. The first kappa shape index (κ1) is 32.4. The molecule has 0 heterocycles.